The Kier molecular flexibility index (Phi) is 7.79. The summed E-state index contributed by atoms with van der Waals surface area (Å²) in [7, 11) is 0. The van der Waals surface area contributed by atoms with E-state index in [-0.39, 0.29) is 0 Å². The van der Waals surface area contributed by atoms with Crippen LogP contribution in [0.25, 0.3) is 0 Å². The van der Waals surface area contributed by atoms with Crippen molar-refractivity contribution in [2.75, 3.05) is 19.6 Å². The predicted octanol–water partition coefficient (Wildman–Crippen LogP) is 0.434. The summed E-state index contributed by atoms with van der Waals surface area (Å²) in [6.07, 6.45) is 4.22. The topological polar surface area (TPSA) is 67.2 Å². The first kappa shape index (κ1) is 11.2. The van der Waals surface area contributed by atoms with E-state index in [0.717, 1.165) is 0 Å². The fourth-order valence-electron chi connectivity index (χ4n) is 0.976. The number of primary amides is 1. The maximum absolute atomic E-state index is 9.71. The lowest BCUT2D eigenvalue weighted by Crippen LogP contribution is -2.28. The number of piperidine rings is 1. The van der Waals surface area contributed by atoms with Crippen LogP contribution in [0, 0.1) is 0 Å². The van der Waals surface area contributed by atoms with E-state index in [1.807, 2.05) is 6.92 Å². The number of nitrogens with two attached hydrogens (primary N) is 1. The molecular weight excluding hydrogens is 154 g/mol. The lowest BCUT2D eigenvalue weighted by molar-refractivity contribution is 0.249. The van der Waals surface area contributed by atoms with Gasteiger partial charge in [0.15, 0.2) is 0 Å². The van der Waals surface area contributed by atoms with Gasteiger partial charge in [0, 0.05) is 6.54 Å². The van der Waals surface area contributed by atoms with E-state index < -0.39 is 6.03 Å². The minimum atomic E-state index is -0.461. The second-order valence-corrected chi connectivity index (χ2v) is 2.71. The molecule has 1 aliphatic heterocycles. The van der Waals surface area contributed by atoms with E-state index in [0.29, 0.717) is 6.54 Å². The molecule has 1 fully saturated rings. The van der Waals surface area contributed by atoms with Crippen molar-refractivity contribution in [1.82, 2.24) is 10.6 Å². The smallest absolute Gasteiger partial charge is 0.312 e. The van der Waals surface area contributed by atoms with Crippen LogP contribution in [0.4, 0.5) is 4.79 Å². The molecule has 1 aliphatic rings. The summed E-state index contributed by atoms with van der Waals surface area (Å²) in [5.74, 6) is 0. The number of hydrogen-bond acceptors (Lipinski definition) is 2. The van der Waals surface area contributed by atoms with Gasteiger partial charge in [-0.2, -0.15) is 0 Å². The number of hydrogen-bond donors (Lipinski definition) is 3. The average Bonchev–Trinajstić information content (AvgIpc) is 2.08. The third-order valence-corrected chi connectivity index (χ3v) is 1.56. The average molecular weight is 173 g/mol. The zero-order valence-corrected chi connectivity index (χ0v) is 7.73. The van der Waals surface area contributed by atoms with Gasteiger partial charge in [0.1, 0.15) is 0 Å². The predicted molar refractivity (Wildman–Crippen MR) is 50.0 cm³/mol. The van der Waals surface area contributed by atoms with Crippen LogP contribution in [0.3, 0.4) is 0 Å². The first-order valence-electron chi connectivity index (χ1n) is 4.51. The van der Waals surface area contributed by atoms with E-state index in [1.54, 1.807) is 0 Å². The molecule has 0 aromatic rings. The van der Waals surface area contributed by atoms with Gasteiger partial charge in [-0.15, -0.1) is 0 Å². The molecule has 4 heteroatoms. The third-order valence-electron chi connectivity index (χ3n) is 1.56. The van der Waals surface area contributed by atoms with Gasteiger partial charge >= 0.3 is 6.03 Å². The van der Waals surface area contributed by atoms with Gasteiger partial charge in [0.05, 0.1) is 0 Å². The highest BCUT2D eigenvalue weighted by atomic mass is 16.2. The Morgan fingerprint density at radius 2 is 2.00 bits per heavy atom. The first-order valence-corrected chi connectivity index (χ1v) is 4.51. The quantitative estimate of drug-likeness (QED) is 0.538. The highest BCUT2D eigenvalue weighted by Crippen LogP contribution is 1.96. The zero-order valence-electron chi connectivity index (χ0n) is 7.73. The van der Waals surface area contributed by atoms with E-state index in [1.165, 1.54) is 32.4 Å². The van der Waals surface area contributed by atoms with Crippen molar-refractivity contribution < 1.29 is 4.79 Å². The van der Waals surface area contributed by atoms with Crippen molar-refractivity contribution in [2.45, 2.75) is 26.2 Å². The Hall–Kier alpha value is -0.770. The van der Waals surface area contributed by atoms with Crippen molar-refractivity contribution in [3.05, 3.63) is 0 Å². The molecule has 2 amide bonds. The van der Waals surface area contributed by atoms with Crippen LogP contribution in [0.2, 0.25) is 0 Å². The third kappa shape index (κ3) is 9.23. The molecule has 0 saturated carbocycles. The molecule has 0 unspecified atom stereocenters. The van der Waals surface area contributed by atoms with E-state index in [9.17, 15) is 4.79 Å². The number of amides is 2. The molecular formula is C8H19N3O. The van der Waals surface area contributed by atoms with Crippen LogP contribution in [0.1, 0.15) is 26.2 Å². The number of urea groups is 1. The molecule has 0 aliphatic carbocycles. The van der Waals surface area contributed by atoms with Crippen molar-refractivity contribution >= 4 is 6.03 Å². The van der Waals surface area contributed by atoms with Crippen LogP contribution >= 0.6 is 0 Å². The molecule has 72 valence electrons. The highest BCUT2D eigenvalue weighted by Gasteiger charge is 1.93. The van der Waals surface area contributed by atoms with Gasteiger partial charge < -0.3 is 16.4 Å². The SMILES string of the molecule is C1CCNCC1.CCNC(N)=O. The lowest BCUT2D eigenvalue weighted by atomic mass is 10.2. The number of carbonyl (C=O) groups is 1. The molecule has 0 radical (unpaired) electrons. The fourth-order valence-corrected chi connectivity index (χ4v) is 0.976. The summed E-state index contributed by atoms with van der Waals surface area (Å²) in [6.45, 7) is 4.92. The molecule has 4 N–H and O–H groups in total. The number of carbonyl (C=O) groups excluding carboxylic acids is 1. The van der Waals surface area contributed by atoms with Crippen LogP contribution in [-0.2, 0) is 0 Å². The molecule has 0 atom stereocenters. The lowest BCUT2D eigenvalue weighted by Gasteiger charge is -2.08. The summed E-state index contributed by atoms with van der Waals surface area (Å²) in [5.41, 5.74) is 4.65. The molecule has 0 aromatic carbocycles. The highest BCUT2D eigenvalue weighted by molar-refractivity contribution is 5.71. The van der Waals surface area contributed by atoms with E-state index >= 15 is 0 Å². The van der Waals surface area contributed by atoms with E-state index in [4.69, 9.17) is 0 Å². The normalized spacial score (nSPS) is 15.8. The summed E-state index contributed by atoms with van der Waals surface area (Å²) in [5, 5.41) is 5.63. The summed E-state index contributed by atoms with van der Waals surface area (Å²) in [6, 6.07) is -0.461. The molecule has 0 bridgehead atoms. The van der Waals surface area contributed by atoms with Crippen molar-refractivity contribution in [1.29, 1.82) is 0 Å². The van der Waals surface area contributed by atoms with Gasteiger partial charge in [-0.25, -0.2) is 4.79 Å². The van der Waals surface area contributed by atoms with Crippen LogP contribution in [0.5, 0.6) is 0 Å². The summed E-state index contributed by atoms with van der Waals surface area (Å²) >= 11 is 0. The second-order valence-electron chi connectivity index (χ2n) is 2.71. The van der Waals surface area contributed by atoms with Crippen LogP contribution in [0.15, 0.2) is 0 Å². The minimum absolute atomic E-state index is 0.461. The fraction of sp³-hybridized carbons (Fsp3) is 0.875. The molecule has 0 aromatic heterocycles. The van der Waals surface area contributed by atoms with Crippen molar-refractivity contribution in [3.8, 4) is 0 Å². The molecule has 4 nitrogen and oxygen atoms in total. The number of nitrogens with one attached hydrogen (secondary N) is 2. The zero-order chi connectivity index (χ0) is 9.23. The van der Waals surface area contributed by atoms with Gasteiger partial charge in [-0.3, -0.25) is 0 Å². The minimum Gasteiger partial charge on any atom is -0.352 e. The van der Waals surface area contributed by atoms with Gasteiger partial charge in [-0.05, 0) is 32.9 Å². The number of rotatable bonds is 1. The monoisotopic (exact) mass is 173 g/mol. The Labute approximate surface area is 73.9 Å². The molecule has 1 saturated heterocycles. The first-order chi connectivity index (χ1) is 5.77. The van der Waals surface area contributed by atoms with Crippen molar-refractivity contribution in [3.63, 3.8) is 0 Å². The Balaban J connectivity index is 0.000000202. The standard InChI is InChI=1S/C5H11N.C3H8N2O/c1-2-4-6-5-3-1;1-2-5-3(4)6/h6H,1-5H2;2H2,1H3,(H3,4,5,6). The largest absolute Gasteiger partial charge is 0.352 e. The van der Waals surface area contributed by atoms with Gasteiger partial charge in [0.25, 0.3) is 0 Å². The molecule has 12 heavy (non-hydrogen) atoms. The van der Waals surface area contributed by atoms with Crippen LogP contribution < -0.4 is 16.4 Å². The van der Waals surface area contributed by atoms with Crippen LogP contribution in [-0.4, -0.2) is 25.7 Å². The Morgan fingerprint density at radius 1 is 1.42 bits per heavy atom. The molecule has 0 spiro atoms. The summed E-state index contributed by atoms with van der Waals surface area (Å²) < 4.78 is 0. The molecule has 1 heterocycles. The Bertz CT molecular complexity index is 101. The Morgan fingerprint density at radius 3 is 2.08 bits per heavy atom. The maximum Gasteiger partial charge on any atom is 0.312 e. The van der Waals surface area contributed by atoms with Gasteiger partial charge in [0.2, 0.25) is 0 Å². The van der Waals surface area contributed by atoms with Gasteiger partial charge in [-0.1, -0.05) is 6.42 Å². The molecule has 1 rings (SSSR count). The second kappa shape index (κ2) is 8.33. The van der Waals surface area contributed by atoms with E-state index in [2.05, 4.69) is 16.4 Å². The summed E-state index contributed by atoms with van der Waals surface area (Å²) in [4.78, 5) is 9.71. The maximum atomic E-state index is 9.71. The van der Waals surface area contributed by atoms with Crippen molar-refractivity contribution in [2.24, 2.45) is 5.73 Å².